The second kappa shape index (κ2) is 7.02. The number of aliphatic hydroxyl groups excluding tert-OH is 1. The summed E-state index contributed by atoms with van der Waals surface area (Å²) in [6, 6.07) is 9.05. The van der Waals surface area contributed by atoms with E-state index in [9.17, 15) is 14.3 Å². The van der Waals surface area contributed by atoms with Crippen LogP contribution in [0.1, 0.15) is 11.0 Å². The van der Waals surface area contributed by atoms with E-state index in [4.69, 9.17) is 4.74 Å². The molecule has 0 aliphatic rings. The first-order chi connectivity index (χ1) is 9.65. The molecule has 0 saturated heterocycles. The van der Waals surface area contributed by atoms with Gasteiger partial charge in [-0.3, -0.25) is 4.79 Å². The fraction of sp³-hybridized carbons (Fsp3) is 0.214. The Morgan fingerprint density at radius 3 is 2.75 bits per heavy atom. The van der Waals surface area contributed by atoms with E-state index in [0.29, 0.717) is 5.75 Å². The van der Waals surface area contributed by atoms with Crippen molar-refractivity contribution in [1.29, 1.82) is 0 Å². The third-order valence-corrected chi connectivity index (χ3v) is 3.52. The van der Waals surface area contributed by atoms with Crippen molar-refractivity contribution < 1.29 is 19.0 Å². The minimum absolute atomic E-state index is 0.131. The van der Waals surface area contributed by atoms with Gasteiger partial charge in [-0.25, -0.2) is 4.39 Å². The van der Waals surface area contributed by atoms with Gasteiger partial charge >= 0.3 is 0 Å². The zero-order valence-electron chi connectivity index (χ0n) is 10.6. The van der Waals surface area contributed by atoms with Crippen molar-refractivity contribution in [1.82, 2.24) is 5.32 Å². The second-order valence-electron chi connectivity index (χ2n) is 4.08. The third-order valence-electron chi connectivity index (χ3n) is 2.55. The molecule has 1 unspecified atom stereocenters. The van der Waals surface area contributed by atoms with Crippen LogP contribution in [0.15, 0.2) is 41.8 Å². The minimum Gasteiger partial charge on any atom is -0.484 e. The lowest BCUT2D eigenvalue weighted by Crippen LogP contribution is -2.32. The van der Waals surface area contributed by atoms with E-state index in [2.05, 4.69) is 5.32 Å². The van der Waals surface area contributed by atoms with E-state index >= 15 is 0 Å². The highest BCUT2D eigenvalue weighted by Crippen LogP contribution is 2.17. The summed E-state index contributed by atoms with van der Waals surface area (Å²) < 4.78 is 17.9. The smallest absolute Gasteiger partial charge is 0.258 e. The number of aliphatic hydroxyl groups is 1. The number of carbonyl (C=O) groups is 1. The summed E-state index contributed by atoms with van der Waals surface area (Å²) in [6.45, 7) is -0.0467. The van der Waals surface area contributed by atoms with Gasteiger partial charge < -0.3 is 15.2 Å². The molecular weight excluding hydrogens is 281 g/mol. The van der Waals surface area contributed by atoms with Crippen molar-refractivity contribution >= 4 is 17.2 Å². The van der Waals surface area contributed by atoms with Crippen LogP contribution in [0.2, 0.25) is 0 Å². The lowest BCUT2D eigenvalue weighted by Gasteiger charge is -2.11. The van der Waals surface area contributed by atoms with Gasteiger partial charge in [0.15, 0.2) is 6.61 Å². The first kappa shape index (κ1) is 14.5. The van der Waals surface area contributed by atoms with Crippen molar-refractivity contribution in [3.8, 4) is 5.75 Å². The topological polar surface area (TPSA) is 58.6 Å². The zero-order valence-corrected chi connectivity index (χ0v) is 11.4. The minimum atomic E-state index is -0.718. The summed E-state index contributed by atoms with van der Waals surface area (Å²) in [5.41, 5.74) is 0. The maximum absolute atomic E-state index is 12.7. The summed E-state index contributed by atoms with van der Waals surface area (Å²) >= 11 is 1.43. The average molecular weight is 295 g/mol. The molecule has 106 valence electrons. The summed E-state index contributed by atoms with van der Waals surface area (Å²) in [5.74, 6) is -0.286. The average Bonchev–Trinajstić information content (AvgIpc) is 2.98. The van der Waals surface area contributed by atoms with Crippen LogP contribution in [0.25, 0.3) is 0 Å². The van der Waals surface area contributed by atoms with Gasteiger partial charge in [0.05, 0.1) is 0 Å². The van der Waals surface area contributed by atoms with Crippen molar-refractivity contribution in [3.05, 3.63) is 52.5 Å². The largest absolute Gasteiger partial charge is 0.484 e. The van der Waals surface area contributed by atoms with Crippen molar-refractivity contribution in [2.75, 3.05) is 13.2 Å². The number of thiophene rings is 1. The first-order valence-corrected chi connectivity index (χ1v) is 6.89. The highest BCUT2D eigenvalue weighted by molar-refractivity contribution is 7.10. The van der Waals surface area contributed by atoms with Gasteiger partial charge in [0.25, 0.3) is 5.91 Å². The lowest BCUT2D eigenvalue weighted by atomic mass is 10.3. The van der Waals surface area contributed by atoms with Gasteiger partial charge in [-0.05, 0) is 35.7 Å². The first-order valence-electron chi connectivity index (χ1n) is 6.01. The lowest BCUT2D eigenvalue weighted by molar-refractivity contribution is -0.123. The number of rotatable bonds is 6. The molecule has 2 N–H and O–H groups in total. The predicted molar refractivity (Wildman–Crippen MR) is 74.2 cm³/mol. The number of nitrogens with one attached hydrogen (secondary N) is 1. The molecule has 1 aromatic carbocycles. The van der Waals surface area contributed by atoms with Crippen LogP contribution in [0.3, 0.4) is 0 Å². The zero-order chi connectivity index (χ0) is 14.4. The monoisotopic (exact) mass is 295 g/mol. The van der Waals surface area contributed by atoms with Crippen LogP contribution in [-0.2, 0) is 4.79 Å². The molecule has 0 spiro atoms. The molecule has 1 atom stereocenters. The fourth-order valence-electron chi connectivity index (χ4n) is 1.52. The van der Waals surface area contributed by atoms with Gasteiger partial charge in [-0.15, -0.1) is 11.3 Å². The van der Waals surface area contributed by atoms with E-state index in [0.717, 1.165) is 4.88 Å². The molecule has 0 saturated carbocycles. The molecule has 1 heterocycles. The Morgan fingerprint density at radius 2 is 2.10 bits per heavy atom. The highest BCUT2D eigenvalue weighted by atomic mass is 32.1. The van der Waals surface area contributed by atoms with Crippen LogP contribution >= 0.6 is 11.3 Å². The molecule has 2 rings (SSSR count). The maximum Gasteiger partial charge on any atom is 0.258 e. The van der Waals surface area contributed by atoms with E-state index in [1.807, 2.05) is 11.4 Å². The van der Waals surface area contributed by atoms with Gasteiger partial charge in [-0.2, -0.15) is 0 Å². The Kier molecular flexibility index (Phi) is 5.09. The summed E-state index contributed by atoms with van der Waals surface area (Å²) in [6.07, 6.45) is -0.718. The van der Waals surface area contributed by atoms with Crippen LogP contribution in [0.5, 0.6) is 5.75 Å². The van der Waals surface area contributed by atoms with E-state index in [1.165, 1.54) is 35.6 Å². The Bertz CT molecular complexity index is 542. The standard InChI is InChI=1S/C14H14FNO3S/c15-10-3-5-11(6-4-10)19-9-14(18)16-8-12(17)13-2-1-7-20-13/h1-7,12,17H,8-9H2,(H,16,18). The molecule has 0 aliphatic carbocycles. The molecule has 6 heteroatoms. The number of carbonyl (C=O) groups excluding carboxylic acids is 1. The molecule has 0 fully saturated rings. The molecule has 20 heavy (non-hydrogen) atoms. The SMILES string of the molecule is O=C(COc1ccc(F)cc1)NCC(O)c1cccs1. The van der Waals surface area contributed by atoms with Crippen molar-refractivity contribution in [2.24, 2.45) is 0 Å². The van der Waals surface area contributed by atoms with Gasteiger partial charge in [-0.1, -0.05) is 6.07 Å². The second-order valence-corrected chi connectivity index (χ2v) is 5.06. The Morgan fingerprint density at radius 1 is 1.35 bits per heavy atom. The quantitative estimate of drug-likeness (QED) is 0.858. The Hall–Kier alpha value is -1.92. The van der Waals surface area contributed by atoms with E-state index < -0.39 is 6.10 Å². The number of ether oxygens (including phenoxy) is 1. The number of hydrogen-bond donors (Lipinski definition) is 2. The Balaban J connectivity index is 1.71. The molecule has 1 aromatic heterocycles. The predicted octanol–water partition coefficient (Wildman–Crippen LogP) is 2.12. The van der Waals surface area contributed by atoms with Crippen LogP contribution in [-0.4, -0.2) is 24.2 Å². The van der Waals surface area contributed by atoms with Crippen LogP contribution in [0.4, 0.5) is 4.39 Å². The normalized spacial score (nSPS) is 11.9. The van der Waals surface area contributed by atoms with Gasteiger partial charge in [0, 0.05) is 11.4 Å². The molecule has 4 nitrogen and oxygen atoms in total. The summed E-state index contributed by atoms with van der Waals surface area (Å²) in [5, 5.41) is 14.2. The number of benzene rings is 1. The molecule has 0 aliphatic heterocycles. The molecule has 1 amide bonds. The number of halogens is 1. The van der Waals surface area contributed by atoms with Crippen molar-refractivity contribution in [2.45, 2.75) is 6.10 Å². The van der Waals surface area contributed by atoms with Crippen LogP contribution < -0.4 is 10.1 Å². The molecular formula is C14H14FNO3S. The Labute approximate surface area is 119 Å². The molecule has 0 bridgehead atoms. The van der Waals surface area contributed by atoms with E-state index in [-0.39, 0.29) is 24.9 Å². The van der Waals surface area contributed by atoms with Crippen LogP contribution in [0, 0.1) is 5.82 Å². The highest BCUT2D eigenvalue weighted by Gasteiger charge is 2.10. The fourth-order valence-corrected chi connectivity index (χ4v) is 2.23. The van der Waals surface area contributed by atoms with Gasteiger partial charge in [0.2, 0.25) is 0 Å². The number of hydrogen-bond acceptors (Lipinski definition) is 4. The maximum atomic E-state index is 12.7. The molecule has 0 radical (unpaired) electrons. The van der Waals surface area contributed by atoms with Gasteiger partial charge in [0.1, 0.15) is 17.7 Å². The molecule has 2 aromatic rings. The van der Waals surface area contributed by atoms with E-state index in [1.54, 1.807) is 6.07 Å². The third kappa shape index (κ3) is 4.32. The summed E-state index contributed by atoms with van der Waals surface area (Å²) in [4.78, 5) is 12.3. The number of amides is 1. The summed E-state index contributed by atoms with van der Waals surface area (Å²) in [7, 11) is 0. The van der Waals surface area contributed by atoms with Crippen molar-refractivity contribution in [3.63, 3.8) is 0 Å².